The minimum atomic E-state index is -4.99. The van der Waals surface area contributed by atoms with Gasteiger partial charge >= 0.3 is 6.36 Å². The van der Waals surface area contributed by atoms with Crippen molar-refractivity contribution in [3.8, 4) is 11.8 Å². The number of pyridine rings is 1. The van der Waals surface area contributed by atoms with E-state index in [1.165, 1.54) is 0 Å². The Morgan fingerprint density at radius 2 is 1.94 bits per heavy atom. The molecule has 0 saturated heterocycles. The normalized spacial score (nSPS) is 11.7. The zero-order valence-corrected chi connectivity index (χ0v) is 8.39. The van der Waals surface area contributed by atoms with Gasteiger partial charge in [-0.05, 0) is 0 Å². The molecular weight excluding hydrogens is 251 g/mol. The Hall–Kier alpha value is -1.80. The van der Waals surface area contributed by atoms with E-state index in [2.05, 4.69) is 14.5 Å². The second-order valence-electron chi connectivity index (χ2n) is 2.82. The van der Waals surface area contributed by atoms with Crippen LogP contribution in [-0.2, 0) is 0 Å². The highest BCUT2D eigenvalue weighted by atomic mass is 19.4. The highest BCUT2D eigenvalue weighted by molar-refractivity contribution is 5.54. The van der Waals surface area contributed by atoms with Crippen LogP contribution in [0.3, 0.4) is 0 Å². The highest BCUT2D eigenvalue weighted by Crippen LogP contribution is 2.35. The van der Waals surface area contributed by atoms with Crippen molar-refractivity contribution >= 4 is 5.69 Å². The summed E-state index contributed by atoms with van der Waals surface area (Å²) in [6.45, 7) is 0. The number of hydrogen-bond acceptors (Lipinski definition) is 4. The zero-order chi connectivity index (χ0) is 13.2. The van der Waals surface area contributed by atoms with Crippen molar-refractivity contribution in [1.29, 1.82) is 0 Å². The lowest BCUT2D eigenvalue weighted by molar-refractivity contribution is -0.276. The van der Waals surface area contributed by atoms with Gasteiger partial charge in [0.05, 0.1) is 12.8 Å². The van der Waals surface area contributed by atoms with E-state index in [-0.39, 0.29) is 0 Å². The van der Waals surface area contributed by atoms with Gasteiger partial charge in [0.25, 0.3) is 6.43 Å². The first-order valence-corrected chi connectivity index (χ1v) is 4.13. The molecule has 0 unspecified atom stereocenters. The molecule has 0 atom stereocenters. The van der Waals surface area contributed by atoms with Crippen LogP contribution < -0.4 is 15.2 Å². The standard InChI is InChI=1S/C8H7F5N2O2/c1-16-7-5(6(9)10)3(14)2-4(15-7)17-8(11,12)13/h2,6H,1H3,(H2,14,15). The fraction of sp³-hybridized carbons (Fsp3) is 0.375. The van der Waals surface area contributed by atoms with Gasteiger partial charge in [0.1, 0.15) is 5.56 Å². The van der Waals surface area contributed by atoms with E-state index >= 15 is 0 Å². The molecule has 17 heavy (non-hydrogen) atoms. The van der Waals surface area contributed by atoms with Crippen molar-refractivity contribution in [2.45, 2.75) is 12.8 Å². The predicted octanol–water partition coefficient (Wildman–Crippen LogP) is 2.51. The Bertz CT molecular complexity index is 408. The number of ether oxygens (including phenoxy) is 2. The van der Waals surface area contributed by atoms with Crippen molar-refractivity contribution in [3.63, 3.8) is 0 Å². The number of halogens is 5. The summed E-state index contributed by atoms with van der Waals surface area (Å²) < 4.78 is 68.5. The maximum atomic E-state index is 12.5. The first kappa shape index (κ1) is 13.3. The molecule has 0 aliphatic rings. The van der Waals surface area contributed by atoms with Crippen molar-refractivity contribution < 1.29 is 31.4 Å². The molecule has 1 aromatic heterocycles. The molecule has 0 bridgehead atoms. The summed E-state index contributed by atoms with van der Waals surface area (Å²) in [5, 5.41) is 0. The van der Waals surface area contributed by atoms with Gasteiger partial charge in [-0.25, -0.2) is 8.78 Å². The molecule has 0 amide bonds. The Morgan fingerprint density at radius 1 is 1.35 bits per heavy atom. The molecule has 0 radical (unpaired) electrons. The van der Waals surface area contributed by atoms with E-state index in [0.29, 0.717) is 6.07 Å². The zero-order valence-electron chi connectivity index (χ0n) is 8.39. The van der Waals surface area contributed by atoms with Gasteiger partial charge in [0, 0.05) is 6.07 Å². The van der Waals surface area contributed by atoms with E-state index in [9.17, 15) is 22.0 Å². The third-order valence-corrected chi connectivity index (χ3v) is 1.66. The number of aromatic nitrogens is 1. The number of anilines is 1. The summed E-state index contributed by atoms with van der Waals surface area (Å²) >= 11 is 0. The van der Waals surface area contributed by atoms with Gasteiger partial charge in [-0.3, -0.25) is 0 Å². The molecular formula is C8H7F5N2O2. The lowest BCUT2D eigenvalue weighted by Crippen LogP contribution is -2.18. The minimum Gasteiger partial charge on any atom is -0.481 e. The number of nitrogen functional groups attached to an aromatic ring is 1. The fourth-order valence-electron chi connectivity index (χ4n) is 1.07. The lowest BCUT2D eigenvalue weighted by Gasteiger charge is -2.13. The molecule has 1 rings (SSSR count). The minimum absolute atomic E-state index is 0.553. The Labute approximate surface area is 92.1 Å². The summed E-state index contributed by atoms with van der Waals surface area (Å²) in [5.74, 6) is -1.67. The van der Waals surface area contributed by atoms with E-state index in [1.807, 2.05) is 0 Å². The number of nitrogens with two attached hydrogens (primary N) is 1. The van der Waals surface area contributed by atoms with Gasteiger partial charge in [-0.2, -0.15) is 4.98 Å². The summed E-state index contributed by atoms with van der Waals surface area (Å²) in [6, 6.07) is 0.553. The lowest BCUT2D eigenvalue weighted by atomic mass is 10.2. The third-order valence-electron chi connectivity index (χ3n) is 1.66. The number of nitrogens with zero attached hydrogens (tertiary/aromatic N) is 1. The monoisotopic (exact) mass is 258 g/mol. The van der Waals surface area contributed by atoms with Crippen LogP contribution in [0, 0.1) is 0 Å². The predicted molar refractivity (Wildman–Crippen MR) is 46.8 cm³/mol. The van der Waals surface area contributed by atoms with E-state index < -0.39 is 35.8 Å². The van der Waals surface area contributed by atoms with Crippen molar-refractivity contribution in [1.82, 2.24) is 4.98 Å². The first-order chi connectivity index (χ1) is 7.74. The average Bonchev–Trinajstić information content (AvgIpc) is 2.12. The van der Waals surface area contributed by atoms with Crippen LogP contribution in [0.2, 0.25) is 0 Å². The Kier molecular flexibility index (Phi) is 3.59. The van der Waals surface area contributed by atoms with Gasteiger partial charge in [0.15, 0.2) is 0 Å². The molecule has 96 valence electrons. The summed E-state index contributed by atoms with van der Waals surface area (Å²) in [6.07, 6.45) is -8.01. The topological polar surface area (TPSA) is 57.4 Å². The number of rotatable bonds is 3. The largest absolute Gasteiger partial charge is 0.574 e. The molecule has 1 heterocycles. The molecule has 9 heteroatoms. The van der Waals surface area contributed by atoms with Crippen LogP contribution in [0.1, 0.15) is 12.0 Å². The number of alkyl halides is 5. The molecule has 0 aliphatic carbocycles. The molecule has 0 aromatic carbocycles. The second-order valence-corrected chi connectivity index (χ2v) is 2.82. The van der Waals surface area contributed by atoms with Crippen LogP contribution in [0.25, 0.3) is 0 Å². The molecule has 0 aliphatic heterocycles. The van der Waals surface area contributed by atoms with E-state index in [1.54, 1.807) is 0 Å². The van der Waals surface area contributed by atoms with E-state index in [4.69, 9.17) is 5.73 Å². The van der Waals surface area contributed by atoms with Crippen molar-refractivity contribution in [3.05, 3.63) is 11.6 Å². The van der Waals surface area contributed by atoms with Crippen molar-refractivity contribution in [2.24, 2.45) is 0 Å². The van der Waals surface area contributed by atoms with Crippen LogP contribution in [0.5, 0.6) is 11.8 Å². The Morgan fingerprint density at radius 3 is 2.35 bits per heavy atom. The maximum absolute atomic E-state index is 12.5. The van der Waals surface area contributed by atoms with Gasteiger partial charge in [0.2, 0.25) is 11.8 Å². The molecule has 0 fully saturated rings. The third kappa shape index (κ3) is 3.33. The summed E-state index contributed by atoms with van der Waals surface area (Å²) in [7, 11) is 0.977. The van der Waals surface area contributed by atoms with Gasteiger partial charge in [-0.15, -0.1) is 13.2 Å². The van der Waals surface area contributed by atoms with Crippen LogP contribution in [0.4, 0.5) is 27.6 Å². The van der Waals surface area contributed by atoms with Gasteiger partial charge in [-0.1, -0.05) is 0 Å². The maximum Gasteiger partial charge on any atom is 0.574 e. The van der Waals surface area contributed by atoms with Crippen LogP contribution in [0.15, 0.2) is 6.07 Å². The van der Waals surface area contributed by atoms with Crippen LogP contribution in [-0.4, -0.2) is 18.5 Å². The summed E-state index contributed by atoms with van der Waals surface area (Å²) in [4.78, 5) is 3.13. The second kappa shape index (κ2) is 4.60. The highest BCUT2D eigenvalue weighted by Gasteiger charge is 2.33. The molecule has 4 nitrogen and oxygen atoms in total. The Balaban J connectivity index is 3.18. The van der Waals surface area contributed by atoms with Crippen molar-refractivity contribution in [2.75, 3.05) is 12.8 Å². The SMILES string of the molecule is COc1nc(OC(F)(F)F)cc(N)c1C(F)F. The number of methoxy groups -OCH3 is 1. The fourth-order valence-corrected chi connectivity index (χ4v) is 1.07. The van der Waals surface area contributed by atoms with Crippen LogP contribution >= 0.6 is 0 Å². The quantitative estimate of drug-likeness (QED) is 0.846. The van der Waals surface area contributed by atoms with E-state index in [0.717, 1.165) is 7.11 Å². The molecule has 0 saturated carbocycles. The smallest absolute Gasteiger partial charge is 0.481 e. The molecule has 2 N–H and O–H groups in total. The molecule has 1 aromatic rings. The summed E-state index contributed by atoms with van der Waals surface area (Å²) in [5.41, 5.74) is 3.80. The average molecular weight is 258 g/mol. The first-order valence-electron chi connectivity index (χ1n) is 4.13. The number of hydrogen-bond donors (Lipinski definition) is 1. The molecule has 0 spiro atoms. The van der Waals surface area contributed by atoms with Gasteiger partial charge < -0.3 is 15.2 Å².